The van der Waals surface area contributed by atoms with Crippen LogP contribution in [0.25, 0.3) is 11.1 Å². The number of benzene rings is 3. The maximum absolute atomic E-state index is 12.3. The molecule has 0 aliphatic heterocycles. The predicted molar refractivity (Wildman–Crippen MR) is 124 cm³/mol. The van der Waals surface area contributed by atoms with Crippen LogP contribution in [-0.4, -0.2) is 57.7 Å². The molecule has 180 valence electrons. The lowest BCUT2D eigenvalue weighted by Crippen LogP contribution is -2.36. The Hall–Kier alpha value is -4.21. The Morgan fingerprint density at radius 2 is 1.34 bits per heavy atom. The number of alkyl carbamates (subject to hydrolysis) is 1. The first-order valence-electron chi connectivity index (χ1n) is 10.8. The molecule has 0 fully saturated rings. The molecular formula is C26H23NO8. The van der Waals surface area contributed by atoms with Crippen LogP contribution in [-0.2, 0) is 4.74 Å². The van der Waals surface area contributed by atoms with Crippen molar-refractivity contribution in [2.75, 3.05) is 13.2 Å². The number of aliphatic hydroxyl groups is 2. The van der Waals surface area contributed by atoms with Gasteiger partial charge < -0.3 is 30.5 Å². The second-order valence-corrected chi connectivity index (χ2v) is 8.17. The molecule has 2 unspecified atom stereocenters. The van der Waals surface area contributed by atoms with E-state index in [1.165, 1.54) is 0 Å². The van der Waals surface area contributed by atoms with Crippen molar-refractivity contribution in [3.63, 3.8) is 0 Å². The fourth-order valence-electron chi connectivity index (χ4n) is 4.24. The molecule has 35 heavy (non-hydrogen) atoms. The van der Waals surface area contributed by atoms with Crippen LogP contribution in [0.2, 0.25) is 0 Å². The van der Waals surface area contributed by atoms with Gasteiger partial charge in [0, 0.05) is 12.5 Å². The molecule has 2 atom stereocenters. The van der Waals surface area contributed by atoms with E-state index in [1.54, 1.807) is 0 Å². The zero-order valence-corrected chi connectivity index (χ0v) is 18.4. The van der Waals surface area contributed by atoms with Gasteiger partial charge in [-0.25, -0.2) is 14.4 Å². The summed E-state index contributed by atoms with van der Waals surface area (Å²) in [7, 11) is 0. The third-order valence-corrected chi connectivity index (χ3v) is 5.95. The number of amides is 1. The summed E-state index contributed by atoms with van der Waals surface area (Å²) < 4.78 is 5.38. The van der Waals surface area contributed by atoms with Gasteiger partial charge in [-0.2, -0.15) is 0 Å². The topological polar surface area (TPSA) is 153 Å². The fraction of sp³-hybridized carbons (Fsp3) is 0.192. The van der Waals surface area contributed by atoms with Crippen molar-refractivity contribution in [3.05, 3.63) is 94.5 Å². The highest BCUT2D eigenvalue weighted by molar-refractivity contribution is 5.94. The Labute approximate surface area is 200 Å². The van der Waals surface area contributed by atoms with Crippen LogP contribution in [0.15, 0.2) is 66.7 Å². The number of rotatable bonds is 8. The van der Waals surface area contributed by atoms with Gasteiger partial charge in [-0.3, -0.25) is 0 Å². The molecule has 1 amide bonds. The van der Waals surface area contributed by atoms with Gasteiger partial charge in [0.15, 0.2) is 0 Å². The summed E-state index contributed by atoms with van der Waals surface area (Å²) in [5.74, 6) is -2.91. The summed E-state index contributed by atoms with van der Waals surface area (Å²) in [6.07, 6.45) is -3.98. The summed E-state index contributed by atoms with van der Waals surface area (Å²) in [5, 5.41) is 41.4. The van der Waals surface area contributed by atoms with E-state index in [9.17, 15) is 34.8 Å². The average molecular weight is 477 g/mol. The maximum atomic E-state index is 12.3. The molecule has 0 bridgehead atoms. The normalized spacial score (nSPS) is 13.9. The zero-order chi connectivity index (χ0) is 25.1. The minimum absolute atomic E-state index is 0.0706. The third kappa shape index (κ3) is 5.01. The number of aliphatic hydroxyl groups excluding tert-OH is 2. The van der Waals surface area contributed by atoms with Gasteiger partial charge in [-0.15, -0.1) is 0 Å². The van der Waals surface area contributed by atoms with Crippen LogP contribution in [0.4, 0.5) is 4.79 Å². The van der Waals surface area contributed by atoms with Gasteiger partial charge in [0.2, 0.25) is 0 Å². The molecule has 5 N–H and O–H groups in total. The van der Waals surface area contributed by atoms with Gasteiger partial charge in [0.05, 0.1) is 11.1 Å². The monoisotopic (exact) mass is 477 g/mol. The summed E-state index contributed by atoms with van der Waals surface area (Å²) in [6.45, 7) is -0.335. The molecule has 9 nitrogen and oxygen atoms in total. The molecular weight excluding hydrogens is 454 g/mol. The number of nitrogens with one attached hydrogen (secondary N) is 1. The summed E-state index contributed by atoms with van der Waals surface area (Å²) in [5.41, 5.74) is 3.45. The van der Waals surface area contributed by atoms with E-state index in [4.69, 9.17) is 4.74 Å². The molecule has 9 heteroatoms. The molecule has 4 rings (SSSR count). The van der Waals surface area contributed by atoms with Crippen LogP contribution >= 0.6 is 0 Å². The Morgan fingerprint density at radius 1 is 0.829 bits per heavy atom. The smallest absolute Gasteiger partial charge is 0.407 e. The first kappa shape index (κ1) is 23.9. The Bertz CT molecular complexity index is 1210. The lowest BCUT2D eigenvalue weighted by molar-refractivity contribution is 0.0184. The van der Waals surface area contributed by atoms with E-state index < -0.39 is 36.8 Å². The number of carboxylic acids is 2. The SMILES string of the molecule is O=C(NCC(O)C(O)c1cc(C(=O)O)cc(C(=O)O)c1)OCC1c2ccccc2-c2ccccc21. The average Bonchev–Trinajstić information content (AvgIpc) is 3.18. The van der Waals surface area contributed by atoms with Crippen LogP contribution in [0.3, 0.4) is 0 Å². The van der Waals surface area contributed by atoms with Crippen LogP contribution in [0, 0.1) is 0 Å². The number of carbonyl (C=O) groups excluding carboxylic acids is 1. The van der Waals surface area contributed by atoms with Gasteiger partial charge in [-0.1, -0.05) is 48.5 Å². The molecule has 0 radical (unpaired) electrons. The number of hydrogen-bond donors (Lipinski definition) is 5. The molecule has 0 aromatic heterocycles. The summed E-state index contributed by atoms with van der Waals surface area (Å²) >= 11 is 0. The van der Waals surface area contributed by atoms with Crippen molar-refractivity contribution >= 4 is 18.0 Å². The molecule has 1 aliphatic rings. The maximum Gasteiger partial charge on any atom is 0.407 e. The van der Waals surface area contributed by atoms with Crippen molar-refractivity contribution in [2.45, 2.75) is 18.1 Å². The van der Waals surface area contributed by atoms with Gasteiger partial charge in [0.1, 0.15) is 18.8 Å². The number of hydrogen-bond acceptors (Lipinski definition) is 6. The first-order chi connectivity index (χ1) is 16.8. The quantitative estimate of drug-likeness (QED) is 0.332. The Kier molecular flexibility index (Phi) is 6.81. The second-order valence-electron chi connectivity index (χ2n) is 8.17. The largest absolute Gasteiger partial charge is 0.478 e. The lowest BCUT2D eigenvalue weighted by Gasteiger charge is -2.20. The van der Waals surface area contributed by atoms with Crippen molar-refractivity contribution < 1.29 is 39.5 Å². The Morgan fingerprint density at radius 3 is 1.86 bits per heavy atom. The highest BCUT2D eigenvalue weighted by Gasteiger charge is 2.29. The van der Waals surface area contributed by atoms with Crippen LogP contribution in [0.1, 0.15) is 49.4 Å². The summed E-state index contributed by atoms with van der Waals surface area (Å²) in [4.78, 5) is 34.8. The highest BCUT2D eigenvalue weighted by Crippen LogP contribution is 2.44. The lowest BCUT2D eigenvalue weighted by atomic mass is 9.98. The molecule has 0 heterocycles. The minimum Gasteiger partial charge on any atom is -0.478 e. The van der Waals surface area contributed by atoms with E-state index in [0.29, 0.717) is 0 Å². The van der Waals surface area contributed by atoms with E-state index in [1.807, 2.05) is 48.5 Å². The van der Waals surface area contributed by atoms with Crippen molar-refractivity contribution in [1.29, 1.82) is 0 Å². The van der Waals surface area contributed by atoms with Crippen LogP contribution < -0.4 is 5.32 Å². The zero-order valence-electron chi connectivity index (χ0n) is 18.4. The van der Waals surface area contributed by atoms with E-state index in [0.717, 1.165) is 40.5 Å². The molecule has 0 spiro atoms. The number of ether oxygens (including phenoxy) is 1. The van der Waals surface area contributed by atoms with Crippen molar-refractivity contribution in [2.24, 2.45) is 0 Å². The highest BCUT2D eigenvalue weighted by atomic mass is 16.5. The summed E-state index contributed by atoms with van der Waals surface area (Å²) in [6, 6.07) is 18.8. The van der Waals surface area contributed by atoms with Crippen molar-refractivity contribution in [1.82, 2.24) is 5.32 Å². The first-order valence-corrected chi connectivity index (χ1v) is 10.8. The fourth-order valence-corrected chi connectivity index (χ4v) is 4.24. The van der Waals surface area contributed by atoms with Gasteiger partial charge in [0.25, 0.3) is 0 Å². The van der Waals surface area contributed by atoms with E-state index in [2.05, 4.69) is 5.32 Å². The number of carbonyl (C=O) groups is 3. The molecule has 0 saturated carbocycles. The van der Waals surface area contributed by atoms with E-state index >= 15 is 0 Å². The minimum atomic E-state index is -1.64. The Balaban J connectivity index is 1.37. The molecule has 3 aromatic rings. The van der Waals surface area contributed by atoms with Crippen molar-refractivity contribution in [3.8, 4) is 11.1 Å². The molecule has 0 saturated heterocycles. The standard InChI is InChI=1S/C26H23NO8/c28-22(23(29)14-9-15(24(30)31)11-16(10-14)25(32)33)12-27-26(34)35-13-21-19-7-3-1-5-17(19)18-6-2-4-8-20(18)21/h1-11,21-23,28-29H,12-13H2,(H,27,34)(H,30,31)(H,32,33). The predicted octanol–water partition coefficient (Wildman–Crippen LogP) is 3.02. The molecule has 1 aliphatic carbocycles. The van der Waals surface area contributed by atoms with E-state index in [-0.39, 0.29) is 29.2 Å². The van der Waals surface area contributed by atoms with Crippen LogP contribution in [0.5, 0.6) is 0 Å². The number of carboxylic acid groups (broad SMARTS) is 2. The number of fused-ring (bicyclic) bond motifs is 3. The molecule has 3 aromatic carbocycles. The second kappa shape index (κ2) is 9.96. The number of aromatic carboxylic acids is 2. The third-order valence-electron chi connectivity index (χ3n) is 5.95. The van der Waals surface area contributed by atoms with Gasteiger partial charge >= 0.3 is 18.0 Å². The van der Waals surface area contributed by atoms with Gasteiger partial charge in [-0.05, 0) is 46.0 Å².